The molecule has 5 heteroatoms. The van der Waals surface area contributed by atoms with Gasteiger partial charge in [0.2, 0.25) is 11.8 Å². The third kappa shape index (κ3) is 5.93. The highest BCUT2D eigenvalue weighted by molar-refractivity contribution is 5.85. The average Bonchev–Trinajstić information content (AvgIpc) is 2.74. The summed E-state index contributed by atoms with van der Waals surface area (Å²) in [4.78, 5) is 32.1. The number of carbonyl (C=O) groups excluding carboxylic acids is 2. The predicted molar refractivity (Wildman–Crippen MR) is 124 cm³/mol. The van der Waals surface area contributed by atoms with Crippen LogP contribution in [-0.2, 0) is 16.0 Å². The Hall–Kier alpha value is -2.69. The Balaban J connectivity index is 1.82. The minimum absolute atomic E-state index is 0.0569. The van der Waals surface area contributed by atoms with Crippen LogP contribution >= 0.6 is 0 Å². The molecule has 2 heterocycles. The summed E-state index contributed by atoms with van der Waals surface area (Å²) in [6.07, 6.45) is 6.36. The van der Waals surface area contributed by atoms with Crippen molar-refractivity contribution in [2.24, 2.45) is 10.8 Å². The minimum atomic E-state index is -0.583. The van der Waals surface area contributed by atoms with E-state index in [0.29, 0.717) is 25.9 Å². The predicted octanol–water partition coefficient (Wildman–Crippen LogP) is 4.47. The second kappa shape index (κ2) is 9.63. The lowest BCUT2D eigenvalue weighted by Gasteiger charge is -2.42. The van der Waals surface area contributed by atoms with Crippen LogP contribution in [0.1, 0.15) is 52.5 Å². The first kappa shape index (κ1) is 23.0. The van der Waals surface area contributed by atoms with Crippen molar-refractivity contribution < 1.29 is 9.59 Å². The van der Waals surface area contributed by atoms with E-state index >= 15 is 0 Å². The molecule has 1 aromatic carbocycles. The van der Waals surface area contributed by atoms with E-state index in [0.717, 1.165) is 36.1 Å². The monoisotopic (exact) mass is 421 g/mol. The molecule has 1 saturated heterocycles. The van der Waals surface area contributed by atoms with E-state index in [9.17, 15) is 9.59 Å². The zero-order chi connectivity index (χ0) is 22.5. The molecule has 0 bridgehead atoms. The van der Waals surface area contributed by atoms with Gasteiger partial charge in [0, 0.05) is 38.4 Å². The van der Waals surface area contributed by atoms with Crippen molar-refractivity contribution in [3.8, 4) is 11.1 Å². The van der Waals surface area contributed by atoms with Crippen molar-refractivity contribution in [2.45, 2.75) is 53.4 Å². The lowest BCUT2D eigenvalue weighted by Crippen LogP contribution is -2.54. The van der Waals surface area contributed by atoms with Crippen LogP contribution in [0.25, 0.3) is 11.1 Å². The summed E-state index contributed by atoms with van der Waals surface area (Å²) in [5.74, 6) is 0.204. The number of nitrogens with zero attached hydrogens (tertiary/aromatic N) is 2. The van der Waals surface area contributed by atoms with Gasteiger partial charge >= 0.3 is 0 Å². The van der Waals surface area contributed by atoms with Crippen LogP contribution in [0.15, 0.2) is 48.8 Å². The van der Waals surface area contributed by atoms with Crippen molar-refractivity contribution in [3.63, 3.8) is 0 Å². The first-order valence-corrected chi connectivity index (χ1v) is 11.3. The molecule has 0 aliphatic carbocycles. The van der Waals surface area contributed by atoms with Crippen LogP contribution in [0.5, 0.6) is 0 Å². The van der Waals surface area contributed by atoms with Gasteiger partial charge in [0.25, 0.3) is 0 Å². The molecular formula is C26H35N3O2. The molecule has 1 fully saturated rings. The smallest absolute Gasteiger partial charge is 0.228 e. The van der Waals surface area contributed by atoms with Gasteiger partial charge in [-0.25, -0.2) is 0 Å². The minimum Gasteiger partial charge on any atom is -0.356 e. The lowest BCUT2D eigenvalue weighted by atomic mass is 9.73. The third-order valence-corrected chi connectivity index (χ3v) is 5.94. The maximum absolute atomic E-state index is 13.2. The van der Waals surface area contributed by atoms with E-state index in [-0.39, 0.29) is 17.2 Å². The fraction of sp³-hybridized carbons (Fsp3) is 0.500. The molecule has 1 N–H and O–H groups in total. The van der Waals surface area contributed by atoms with Gasteiger partial charge in [-0.3, -0.25) is 14.6 Å². The Morgan fingerprint density at radius 2 is 1.71 bits per heavy atom. The summed E-state index contributed by atoms with van der Waals surface area (Å²) < 4.78 is 0. The molecule has 3 rings (SSSR count). The van der Waals surface area contributed by atoms with Crippen LogP contribution in [0.2, 0.25) is 0 Å². The Morgan fingerprint density at radius 3 is 2.32 bits per heavy atom. The van der Waals surface area contributed by atoms with Crippen LogP contribution in [0, 0.1) is 10.8 Å². The molecule has 2 amide bonds. The Kier molecular flexibility index (Phi) is 7.14. The largest absolute Gasteiger partial charge is 0.356 e. The maximum atomic E-state index is 13.2. The van der Waals surface area contributed by atoms with Crippen LogP contribution in [-0.4, -0.2) is 41.3 Å². The van der Waals surface area contributed by atoms with Gasteiger partial charge in [-0.15, -0.1) is 0 Å². The molecule has 1 unspecified atom stereocenters. The quantitative estimate of drug-likeness (QED) is 0.748. The van der Waals surface area contributed by atoms with Gasteiger partial charge in [0.15, 0.2) is 0 Å². The zero-order valence-corrected chi connectivity index (χ0v) is 19.3. The third-order valence-electron chi connectivity index (χ3n) is 5.94. The number of rotatable bonds is 6. The summed E-state index contributed by atoms with van der Waals surface area (Å²) in [7, 11) is 0. The highest BCUT2D eigenvalue weighted by atomic mass is 16.2. The molecule has 5 nitrogen and oxygen atoms in total. The number of amides is 2. The van der Waals surface area contributed by atoms with Crippen molar-refractivity contribution in [1.29, 1.82) is 0 Å². The molecule has 0 spiro atoms. The van der Waals surface area contributed by atoms with Crippen LogP contribution in [0.3, 0.4) is 0 Å². The fourth-order valence-corrected chi connectivity index (χ4v) is 4.42. The number of piperidine rings is 1. The first-order chi connectivity index (χ1) is 14.7. The molecule has 166 valence electrons. The van der Waals surface area contributed by atoms with Crippen molar-refractivity contribution in [1.82, 2.24) is 15.2 Å². The van der Waals surface area contributed by atoms with Gasteiger partial charge in [-0.1, -0.05) is 45.0 Å². The number of likely N-dealkylation sites (tertiary alicyclic amines) is 1. The van der Waals surface area contributed by atoms with E-state index in [2.05, 4.69) is 55.3 Å². The van der Waals surface area contributed by atoms with Crippen LogP contribution < -0.4 is 5.32 Å². The number of benzene rings is 1. The van der Waals surface area contributed by atoms with Gasteiger partial charge in [0.05, 0.1) is 5.41 Å². The van der Waals surface area contributed by atoms with E-state index in [1.165, 1.54) is 0 Å². The van der Waals surface area contributed by atoms with E-state index in [1.54, 1.807) is 12.4 Å². The van der Waals surface area contributed by atoms with E-state index in [4.69, 9.17) is 0 Å². The van der Waals surface area contributed by atoms with E-state index in [1.807, 2.05) is 24.0 Å². The molecule has 1 aliphatic heterocycles. The Morgan fingerprint density at radius 1 is 1.06 bits per heavy atom. The fourth-order valence-electron chi connectivity index (χ4n) is 4.42. The number of hydrogen-bond donors (Lipinski definition) is 1. The number of hydrogen-bond acceptors (Lipinski definition) is 3. The summed E-state index contributed by atoms with van der Waals surface area (Å²) in [5.41, 5.74) is 2.72. The standard InChI is InChI=1S/C26H35N3O2/c1-5-28-24(31)26(13-6-16-29(19-26)23(30)18-25(2,3)4)17-20-7-9-21(10-8-20)22-11-14-27-15-12-22/h7-12,14-15H,5-6,13,16-19H2,1-4H3,(H,28,31). The Labute approximate surface area is 186 Å². The van der Waals surface area contributed by atoms with Crippen molar-refractivity contribution in [3.05, 3.63) is 54.4 Å². The number of carbonyl (C=O) groups is 2. The SMILES string of the molecule is CCNC(=O)C1(Cc2ccc(-c3ccncc3)cc2)CCCN(C(=O)CC(C)(C)C)C1. The normalized spacial score (nSPS) is 19.2. The number of nitrogens with one attached hydrogen (secondary N) is 1. The van der Waals surface area contributed by atoms with Gasteiger partial charge < -0.3 is 10.2 Å². The molecule has 0 radical (unpaired) electrons. The average molecular weight is 422 g/mol. The van der Waals surface area contributed by atoms with Crippen LogP contribution in [0.4, 0.5) is 0 Å². The van der Waals surface area contributed by atoms with E-state index < -0.39 is 5.41 Å². The zero-order valence-electron chi connectivity index (χ0n) is 19.3. The van der Waals surface area contributed by atoms with Gasteiger partial charge in [-0.2, -0.15) is 0 Å². The molecule has 31 heavy (non-hydrogen) atoms. The molecule has 1 atom stereocenters. The highest BCUT2D eigenvalue weighted by Crippen LogP contribution is 2.36. The summed E-state index contributed by atoms with van der Waals surface area (Å²) in [6.45, 7) is 10.00. The summed E-state index contributed by atoms with van der Waals surface area (Å²) in [5, 5.41) is 3.04. The van der Waals surface area contributed by atoms with Crippen molar-refractivity contribution >= 4 is 11.8 Å². The first-order valence-electron chi connectivity index (χ1n) is 11.3. The topological polar surface area (TPSA) is 62.3 Å². The Bertz CT molecular complexity index is 887. The molecule has 1 aromatic heterocycles. The maximum Gasteiger partial charge on any atom is 0.228 e. The molecule has 2 aromatic rings. The lowest BCUT2D eigenvalue weighted by molar-refractivity contribution is -0.142. The highest BCUT2D eigenvalue weighted by Gasteiger charge is 2.43. The molecule has 0 saturated carbocycles. The van der Waals surface area contributed by atoms with Gasteiger partial charge in [0.1, 0.15) is 0 Å². The van der Waals surface area contributed by atoms with Gasteiger partial charge in [-0.05, 0) is 60.4 Å². The second-order valence-corrected chi connectivity index (χ2v) is 9.91. The molecule has 1 aliphatic rings. The number of pyridine rings is 1. The van der Waals surface area contributed by atoms with Crippen molar-refractivity contribution in [2.75, 3.05) is 19.6 Å². The molecular weight excluding hydrogens is 386 g/mol. The second-order valence-electron chi connectivity index (χ2n) is 9.91. The number of aromatic nitrogens is 1. The summed E-state index contributed by atoms with van der Waals surface area (Å²) >= 11 is 0. The summed E-state index contributed by atoms with van der Waals surface area (Å²) in [6, 6.07) is 12.4.